The number of carbonyl (C=O) groups excluding carboxylic acids is 1. The molecule has 5 nitrogen and oxygen atoms in total. The smallest absolute Gasteiger partial charge is 0.303 e. The van der Waals surface area contributed by atoms with E-state index in [0.717, 1.165) is 38.5 Å². The van der Waals surface area contributed by atoms with Crippen LogP contribution in [0.1, 0.15) is 63.9 Å². The van der Waals surface area contributed by atoms with Crippen molar-refractivity contribution in [2.45, 2.75) is 76.9 Å². The summed E-state index contributed by atoms with van der Waals surface area (Å²) in [5.41, 5.74) is 1.28. The summed E-state index contributed by atoms with van der Waals surface area (Å²) in [6, 6.07) is 10.4. The third-order valence-corrected chi connectivity index (χ3v) is 5.76. The fourth-order valence-electron chi connectivity index (χ4n) is 3.80. The summed E-state index contributed by atoms with van der Waals surface area (Å²) in [5.74, 6) is -0.412. The SMILES string of the molecule is C[C@@H](CCc1ccccc1)[C@H](O)C=CC1CCC(=O)N1CCCCCCC(=O)O. The van der Waals surface area contributed by atoms with Crippen molar-refractivity contribution in [3.8, 4) is 0 Å². The number of aryl methyl sites for hydroxylation is 1. The molecule has 1 fully saturated rings. The number of nitrogens with zero attached hydrogens (tertiary/aromatic N) is 1. The number of carboxylic acid groups (broad SMARTS) is 1. The first-order chi connectivity index (χ1) is 14.0. The van der Waals surface area contributed by atoms with E-state index in [9.17, 15) is 14.7 Å². The second-order valence-electron chi connectivity index (χ2n) is 8.13. The predicted octanol–water partition coefficient (Wildman–Crippen LogP) is 4.20. The fourth-order valence-corrected chi connectivity index (χ4v) is 3.80. The lowest BCUT2D eigenvalue weighted by Crippen LogP contribution is -2.33. The van der Waals surface area contributed by atoms with Gasteiger partial charge in [0.25, 0.3) is 0 Å². The summed E-state index contributed by atoms with van der Waals surface area (Å²) in [5, 5.41) is 19.2. The maximum atomic E-state index is 12.2. The predicted molar refractivity (Wildman–Crippen MR) is 115 cm³/mol. The van der Waals surface area contributed by atoms with Crippen LogP contribution in [0.3, 0.4) is 0 Å². The van der Waals surface area contributed by atoms with Crippen LogP contribution in [0.5, 0.6) is 0 Å². The molecule has 1 aromatic carbocycles. The van der Waals surface area contributed by atoms with E-state index in [-0.39, 0.29) is 24.3 Å². The minimum atomic E-state index is -0.749. The summed E-state index contributed by atoms with van der Waals surface area (Å²) in [6.45, 7) is 2.77. The first kappa shape index (κ1) is 23.1. The van der Waals surface area contributed by atoms with Crippen molar-refractivity contribution in [2.75, 3.05) is 6.54 Å². The van der Waals surface area contributed by atoms with Crippen LogP contribution in [0.4, 0.5) is 0 Å². The number of aliphatic hydroxyl groups excluding tert-OH is 1. The van der Waals surface area contributed by atoms with Gasteiger partial charge in [-0.05, 0) is 43.6 Å². The Bertz CT molecular complexity index is 658. The van der Waals surface area contributed by atoms with Crippen molar-refractivity contribution in [1.82, 2.24) is 4.90 Å². The molecule has 0 bridgehead atoms. The number of rotatable bonds is 13. The third kappa shape index (κ3) is 8.40. The first-order valence-corrected chi connectivity index (χ1v) is 10.9. The van der Waals surface area contributed by atoms with E-state index >= 15 is 0 Å². The van der Waals surface area contributed by atoms with E-state index in [1.54, 1.807) is 0 Å². The molecule has 160 valence electrons. The normalized spacial score (nSPS) is 19.0. The van der Waals surface area contributed by atoms with Gasteiger partial charge in [0, 0.05) is 19.4 Å². The highest BCUT2D eigenvalue weighted by Gasteiger charge is 2.28. The number of hydrogen-bond donors (Lipinski definition) is 2. The van der Waals surface area contributed by atoms with E-state index in [2.05, 4.69) is 19.1 Å². The average molecular weight is 402 g/mol. The molecule has 2 rings (SSSR count). The fraction of sp³-hybridized carbons (Fsp3) is 0.583. The van der Waals surface area contributed by atoms with Gasteiger partial charge in [-0.25, -0.2) is 0 Å². The van der Waals surface area contributed by atoms with E-state index < -0.39 is 12.1 Å². The third-order valence-electron chi connectivity index (χ3n) is 5.76. The molecule has 1 aromatic rings. The Kier molecular flexibility index (Phi) is 9.92. The Morgan fingerprint density at radius 3 is 2.66 bits per heavy atom. The van der Waals surface area contributed by atoms with E-state index in [4.69, 9.17) is 5.11 Å². The minimum absolute atomic E-state index is 0.0671. The average Bonchev–Trinajstić information content (AvgIpc) is 3.07. The molecule has 5 heteroatoms. The maximum absolute atomic E-state index is 12.2. The van der Waals surface area contributed by atoms with Crippen LogP contribution in [0, 0.1) is 5.92 Å². The number of carbonyl (C=O) groups is 2. The second-order valence-corrected chi connectivity index (χ2v) is 8.13. The maximum Gasteiger partial charge on any atom is 0.303 e. The van der Waals surface area contributed by atoms with Crippen LogP contribution in [-0.2, 0) is 16.0 Å². The highest BCUT2D eigenvalue weighted by Crippen LogP contribution is 2.22. The molecule has 2 N–H and O–H groups in total. The molecule has 1 amide bonds. The standard InChI is InChI=1S/C24H35NO4/c1-19(12-13-20-9-5-4-6-10-20)22(26)16-14-21-15-17-23(27)25(21)18-8-3-2-7-11-24(28)29/h4-6,9-10,14,16,19,21-22,26H,2-3,7-8,11-13,15,17-18H2,1H3,(H,28,29)/t19-,21?,22+/m0/s1. The zero-order chi connectivity index (χ0) is 21.1. The quantitative estimate of drug-likeness (QED) is 0.384. The number of hydrogen-bond acceptors (Lipinski definition) is 3. The van der Waals surface area contributed by atoms with Crippen molar-refractivity contribution in [3.63, 3.8) is 0 Å². The molecule has 3 atom stereocenters. The molecule has 0 radical (unpaired) electrons. The summed E-state index contributed by atoms with van der Waals surface area (Å²) in [7, 11) is 0. The molecule has 0 spiro atoms. The topological polar surface area (TPSA) is 77.8 Å². The van der Waals surface area contributed by atoms with Crippen LogP contribution in [-0.4, -0.2) is 45.7 Å². The van der Waals surface area contributed by atoms with Crippen LogP contribution in [0.25, 0.3) is 0 Å². The van der Waals surface area contributed by atoms with Crippen molar-refractivity contribution >= 4 is 11.9 Å². The summed E-state index contributed by atoms with van der Waals surface area (Å²) >= 11 is 0. The summed E-state index contributed by atoms with van der Waals surface area (Å²) in [4.78, 5) is 24.6. The van der Waals surface area contributed by atoms with Crippen molar-refractivity contribution < 1.29 is 19.8 Å². The van der Waals surface area contributed by atoms with Gasteiger partial charge in [0.2, 0.25) is 5.91 Å². The lowest BCUT2D eigenvalue weighted by Gasteiger charge is -2.23. The Morgan fingerprint density at radius 1 is 1.21 bits per heavy atom. The number of benzene rings is 1. The highest BCUT2D eigenvalue weighted by atomic mass is 16.4. The van der Waals surface area contributed by atoms with Gasteiger partial charge in [0.1, 0.15) is 0 Å². The first-order valence-electron chi connectivity index (χ1n) is 10.9. The van der Waals surface area contributed by atoms with Gasteiger partial charge in [-0.2, -0.15) is 0 Å². The van der Waals surface area contributed by atoms with Gasteiger partial charge in [-0.3, -0.25) is 9.59 Å². The number of aliphatic carboxylic acids is 1. The molecular weight excluding hydrogens is 366 g/mol. The lowest BCUT2D eigenvalue weighted by molar-refractivity contribution is -0.137. The van der Waals surface area contributed by atoms with Gasteiger partial charge in [-0.15, -0.1) is 0 Å². The molecule has 1 heterocycles. The molecule has 1 unspecified atom stereocenters. The summed E-state index contributed by atoms with van der Waals surface area (Å²) < 4.78 is 0. The Morgan fingerprint density at radius 2 is 1.93 bits per heavy atom. The summed E-state index contributed by atoms with van der Waals surface area (Å²) in [6.07, 6.45) is 10.2. The zero-order valence-electron chi connectivity index (χ0n) is 17.5. The van der Waals surface area contributed by atoms with E-state index in [0.29, 0.717) is 19.4 Å². The van der Waals surface area contributed by atoms with Crippen molar-refractivity contribution in [1.29, 1.82) is 0 Å². The van der Waals surface area contributed by atoms with E-state index in [1.165, 1.54) is 5.56 Å². The molecule has 1 saturated heterocycles. The molecule has 1 aliphatic rings. The van der Waals surface area contributed by atoms with Crippen LogP contribution < -0.4 is 0 Å². The molecule has 0 aromatic heterocycles. The zero-order valence-corrected chi connectivity index (χ0v) is 17.5. The Balaban J connectivity index is 1.73. The van der Waals surface area contributed by atoms with Gasteiger partial charge in [-0.1, -0.05) is 62.2 Å². The molecule has 0 aliphatic carbocycles. The highest BCUT2D eigenvalue weighted by molar-refractivity contribution is 5.79. The van der Waals surface area contributed by atoms with Gasteiger partial charge in [0.05, 0.1) is 12.1 Å². The lowest BCUT2D eigenvalue weighted by atomic mass is 9.95. The molecule has 1 aliphatic heterocycles. The van der Waals surface area contributed by atoms with Gasteiger partial charge < -0.3 is 15.1 Å². The van der Waals surface area contributed by atoms with Crippen molar-refractivity contribution in [3.05, 3.63) is 48.0 Å². The van der Waals surface area contributed by atoms with Crippen LogP contribution >= 0.6 is 0 Å². The largest absolute Gasteiger partial charge is 0.481 e. The van der Waals surface area contributed by atoms with Crippen LogP contribution in [0.15, 0.2) is 42.5 Å². The number of amides is 1. The Hall–Kier alpha value is -2.14. The Labute approximate surface area is 174 Å². The number of likely N-dealkylation sites (tertiary alicyclic amines) is 1. The number of unbranched alkanes of at least 4 members (excludes halogenated alkanes) is 3. The molecular formula is C24H35NO4. The molecule has 0 saturated carbocycles. The number of aliphatic hydroxyl groups is 1. The van der Waals surface area contributed by atoms with Gasteiger partial charge in [0.15, 0.2) is 0 Å². The monoisotopic (exact) mass is 401 g/mol. The second kappa shape index (κ2) is 12.4. The van der Waals surface area contributed by atoms with Crippen LogP contribution in [0.2, 0.25) is 0 Å². The van der Waals surface area contributed by atoms with Gasteiger partial charge >= 0.3 is 5.97 Å². The molecule has 29 heavy (non-hydrogen) atoms. The minimum Gasteiger partial charge on any atom is -0.481 e. The van der Waals surface area contributed by atoms with Crippen molar-refractivity contribution in [2.24, 2.45) is 5.92 Å². The number of carboxylic acids is 1. The van der Waals surface area contributed by atoms with E-state index in [1.807, 2.05) is 35.3 Å².